The monoisotopic (exact) mass is 820 g/mol. The Morgan fingerprint density at radius 1 is 0.463 bits per heavy atom. The van der Waals surface area contributed by atoms with Gasteiger partial charge in [-0.2, -0.15) is 16.8 Å². The van der Waals surface area contributed by atoms with E-state index in [1.807, 2.05) is 6.07 Å². The summed E-state index contributed by atoms with van der Waals surface area (Å²) in [5, 5.41) is 0. The maximum atomic E-state index is 11.9. The van der Waals surface area contributed by atoms with E-state index in [1.54, 1.807) is 6.07 Å². The average Bonchev–Trinajstić information content (AvgIpc) is 3.13. The van der Waals surface area contributed by atoms with Gasteiger partial charge in [0.05, 0.1) is 126 Å². The zero-order chi connectivity index (χ0) is 39.4. The lowest BCUT2D eigenvalue weighted by Gasteiger charge is -2.12. The topological polar surface area (TPSA) is 210 Å². The van der Waals surface area contributed by atoms with E-state index in [9.17, 15) is 21.4 Å². The summed E-state index contributed by atoms with van der Waals surface area (Å²) in [5.41, 5.74) is 0.856. The van der Waals surface area contributed by atoms with Crippen molar-refractivity contribution in [2.24, 2.45) is 0 Å². The number of aryl methyl sites for hydroxylation is 1. The van der Waals surface area contributed by atoms with Crippen LogP contribution in [0, 0.1) is 0 Å². The summed E-state index contributed by atoms with van der Waals surface area (Å²) < 4.78 is 121. The van der Waals surface area contributed by atoms with Gasteiger partial charge in [-0.25, -0.2) is 4.18 Å². The van der Waals surface area contributed by atoms with Crippen molar-refractivity contribution in [2.45, 2.75) is 63.2 Å². The van der Waals surface area contributed by atoms with Crippen molar-refractivity contribution in [3.05, 3.63) is 23.8 Å². The van der Waals surface area contributed by atoms with Gasteiger partial charge in [0.2, 0.25) is 0 Å². The summed E-state index contributed by atoms with van der Waals surface area (Å²) in [6, 6.07) is 4.92. The van der Waals surface area contributed by atoms with Gasteiger partial charge in [0.1, 0.15) is 17.3 Å². The second-order valence-electron chi connectivity index (χ2n) is 11.7. The molecule has 0 spiro atoms. The molecule has 0 atom stereocenters. The smallest absolute Gasteiger partial charge is 0.397 e. The standard InChI is InChI=1S/C35H64O17S2/c1-2-3-4-5-6-7-8-9-33-10-11-34(35(32-33)53(36,37)38)51-30-28-49-26-24-47-22-20-45-18-16-43-14-12-42-13-15-44-17-19-46-21-23-48-25-27-50-29-31-52-54(39,40)41/h10-11,32H,2-9,12-31H2,1H3,(H,36,37,38)(H,39,40,41). The lowest BCUT2D eigenvalue weighted by molar-refractivity contribution is -0.0257. The van der Waals surface area contributed by atoms with Crippen molar-refractivity contribution < 1.29 is 77.5 Å². The van der Waals surface area contributed by atoms with E-state index in [0.717, 1.165) is 24.8 Å². The molecule has 19 heteroatoms. The minimum Gasteiger partial charge on any atom is -0.490 e. The summed E-state index contributed by atoms with van der Waals surface area (Å²) in [4.78, 5) is -0.220. The van der Waals surface area contributed by atoms with Crippen LogP contribution in [0.3, 0.4) is 0 Å². The maximum absolute atomic E-state index is 11.9. The molecule has 0 unspecified atom stereocenters. The van der Waals surface area contributed by atoms with Crippen LogP contribution in [0.1, 0.15) is 57.4 Å². The van der Waals surface area contributed by atoms with Crippen LogP contribution in [-0.2, 0) is 73.8 Å². The van der Waals surface area contributed by atoms with Gasteiger partial charge in [-0.15, -0.1) is 0 Å². The number of ether oxygens (including phenoxy) is 10. The Balaban J connectivity index is 1.85. The third-order valence-electron chi connectivity index (χ3n) is 7.28. The molecule has 1 rings (SSSR count). The Morgan fingerprint density at radius 3 is 1.19 bits per heavy atom. The minimum atomic E-state index is -4.44. The normalized spacial score (nSPS) is 12.1. The Kier molecular flexibility index (Phi) is 32.4. The molecule has 0 saturated carbocycles. The van der Waals surface area contributed by atoms with Gasteiger partial charge >= 0.3 is 10.4 Å². The first-order valence-corrected chi connectivity index (χ1v) is 21.5. The fourth-order valence-electron chi connectivity index (χ4n) is 4.59. The molecule has 1 aromatic rings. The van der Waals surface area contributed by atoms with Crippen LogP contribution >= 0.6 is 0 Å². The molecular formula is C35H64O17S2. The van der Waals surface area contributed by atoms with E-state index in [0.29, 0.717) is 99.1 Å². The molecule has 0 aliphatic rings. The Bertz CT molecular complexity index is 1220. The van der Waals surface area contributed by atoms with Crippen LogP contribution in [0.4, 0.5) is 0 Å². The molecule has 0 saturated heterocycles. The fourth-order valence-corrected chi connectivity index (χ4v) is 5.55. The van der Waals surface area contributed by atoms with E-state index < -0.39 is 20.5 Å². The predicted octanol–water partition coefficient (Wildman–Crippen LogP) is 3.57. The van der Waals surface area contributed by atoms with Crippen LogP contribution in [0.2, 0.25) is 0 Å². The number of rotatable bonds is 41. The molecule has 0 fully saturated rings. The van der Waals surface area contributed by atoms with Crippen molar-refractivity contribution in [3.63, 3.8) is 0 Å². The second-order valence-corrected chi connectivity index (χ2v) is 14.2. The van der Waals surface area contributed by atoms with Gasteiger partial charge in [0.15, 0.2) is 0 Å². The van der Waals surface area contributed by atoms with Crippen LogP contribution in [0.25, 0.3) is 0 Å². The molecule has 0 heterocycles. The summed E-state index contributed by atoms with van der Waals surface area (Å²) in [6.45, 7) is 8.66. The maximum Gasteiger partial charge on any atom is 0.397 e. The molecule has 17 nitrogen and oxygen atoms in total. The molecule has 0 aliphatic heterocycles. The highest BCUT2D eigenvalue weighted by atomic mass is 32.3. The molecule has 0 aromatic heterocycles. The van der Waals surface area contributed by atoms with Crippen LogP contribution in [0.5, 0.6) is 5.75 Å². The van der Waals surface area contributed by atoms with Crippen molar-refractivity contribution >= 4 is 20.5 Å². The number of benzene rings is 1. The SMILES string of the molecule is CCCCCCCCCc1ccc(OCCOCCOCCOCCOCCOCCOCCOCCOCCOCCOS(=O)(=O)O)c(S(=O)(=O)O)c1. The van der Waals surface area contributed by atoms with Gasteiger partial charge in [0.25, 0.3) is 10.1 Å². The van der Waals surface area contributed by atoms with E-state index in [-0.39, 0.29) is 43.7 Å². The summed E-state index contributed by atoms with van der Waals surface area (Å²) in [5.74, 6) is 0.106. The second kappa shape index (κ2) is 34.7. The van der Waals surface area contributed by atoms with Gasteiger partial charge < -0.3 is 47.4 Å². The van der Waals surface area contributed by atoms with Gasteiger partial charge in [-0.05, 0) is 30.5 Å². The van der Waals surface area contributed by atoms with Crippen molar-refractivity contribution in [2.75, 3.05) is 132 Å². The molecule has 2 N–H and O–H groups in total. The molecule has 0 radical (unpaired) electrons. The molecule has 0 aliphatic carbocycles. The lowest BCUT2D eigenvalue weighted by atomic mass is 10.0. The highest BCUT2D eigenvalue weighted by Gasteiger charge is 2.17. The number of hydrogen-bond donors (Lipinski definition) is 2. The van der Waals surface area contributed by atoms with E-state index in [4.69, 9.17) is 51.9 Å². The van der Waals surface area contributed by atoms with Crippen molar-refractivity contribution in [1.29, 1.82) is 0 Å². The largest absolute Gasteiger partial charge is 0.490 e. The first kappa shape index (κ1) is 50.5. The van der Waals surface area contributed by atoms with E-state index in [1.165, 1.54) is 38.2 Å². The first-order chi connectivity index (χ1) is 26.1. The quantitative estimate of drug-likeness (QED) is 0.0714. The molecular weight excluding hydrogens is 757 g/mol. The van der Waals surface area contributed by atoms with E-state index in [2.05, 4.69) is 11.1 Å². The highest BCUT2D eigenvalue weighted by Crippen LogP contribution is 2.26. The zero-order valence-electron chi connectivity index (χ0n) is 31.9. The summed E-state index contributed by atoms with van der Waals surface area (Å²) in [6.07, 6.45) is 8.95. The Labute approximate surface area is 322 Å². The number of unbranched alkanes of at least 4 members (excludes halogenated alkanes) is 6. The van der Waals surface area contributed by atoms with E-state index >= 15 is 0 Å². The highest BCUT2D eigenvalue weighted by molar-refractivity contribution is 7.86. The Hall–Kier alpha value is -1.56. The molecule has 318 valence electrons. The lowest BCUT2D eigenvalue weighted by Crippen LogP contribution is -2.15. The third kappa shape index (κ3) is 32.7. The van der Waals surface area contributed by atoms with Gasteiger partial charge in [-0.3, -0.25) is 9.11 Å². The van der Waals surface area contributed by atoms with Gasteiger partial charge in [0, 0.05) is 0 Å². The average molecular weight is 821 g/mol. The minimum absolute atomic E-state index is 0.0193. The fraction of sp³-hybridized carbons (Fsp3) is 0.829. The Morgan fingerprint density at radius 2 is 0.815 bits per heavy atom. The predicted molar refractivity (Wildman–Crippen MR) is 198 cm³/mol. The molecule has 0 amide bonds. The first-order valence-electron chi connectivity index (χ1n) is 18.7. The van der Waals surface area contributed by atoms with Gasteiger partial charge in [-0.1, -0.05) is 51.5 Å². The molecule has 0 bridgehead atoms. The zero-order valence-corrected chi connectivity index (χ0v) is 33.5. The van der Waals surface area contributed by atoms with Crippen LogP contribution in [0.15, 0.2) is 23.1 Å². The van der Waals surface area contributed by atoms with Crippen molar-refractivity contribution in [1.82, 2.24) is 0 Å². The summed E-state index contributed by atoms with van der Waals surface area (Å²) >= 11 is 0. The number of hydrogen-bond acceptors (Lipinski definition) is 15. The molecule has 1 aromatic carbocycles. The van der Waals surface area contributed by atoms with Crippen molar-refractivity contribution in [3.8, 4) is 5.75 Å². The molecule has 54 heavy (non-hydrogen) atoms. The van der Waals surface area contributed by atoms with Crippen LogP contribution in [-0.4, -0.2) is 158 Å². The summed E-state index contributed by atoms with van der Waals surface area (Å²) in [7, 11) is -8.86. The van der Waals surface area contributed by atoms with Crippen LogP contribution < -0.4 is 4.74 Å². The third-order valence-corrected chi connectivity index (χ3v) is 8.62.